The van der Waals surface area contributed by atoms with E-state index in [9.17, 15) is 9.90 Å². The lowest BCUT2D eigenvalue weighted by Gasteiger charge is -2.05. The summed E-state index contributed by atoms with van der Waals surface area (Å²) in [6.07, 6.45) is 1.48. The lowest BCUT2D eigenvalue weighted by Crippen LogP contribution is -2.19. The second-order valence-corrected chi connectivity index (χ2v) is 7.44. The van der Waals surface area contributed by atoms with Gasteiger partial charge in [-0.3, -0.25) is 4.79 Å². The maximum absolute atomic E-state index is 11.9. The summed E-state index contributed by atoms with van der Waals surface area (Å²) in [6.45, 7) is 0. The summed E-state index contributed by atoms with van der Waals surface area (Å²) in [4.78, 5) is 11.9. The molecule has 3 aromatic rings. The number of halogens is 1. The quantitative estimate of drug-likeness (QED) is 0.442. The Kier molecular flexibility index (Phi) is 6.30. The monoisotopic (exact) mass is 428 g/mol. The van der Waals surface area contributed by atoms with Gasteiger partial charge in [-0.1, -0.05) is 64.5 Å². The Labute approximate surface area is 164 Å². The second kappa shape index (κ2) is 8.87. The minimum atomic E-state index is -0.182. The highest BCUT2D eigenvalue weighted by Gasteiger charge is 2.05. The van der Waals surface area contributed by atoms with Crippen molar-refractivity contribution in [2.75, 3.05) is 5.75 Å². The Morgan fingerprint density at radius 3 is 2.73 bits per heavy atom. The minimum Gasteiger partial charge on any atom is -0.507 e. The lowest BCUT2D eigenvalue weighted by atomic mass is 10.0. The molecule has 0 atom stereocenters. The molecule has 0 bridgehead atoms. The van der Waals surface area contributed by atoms with Gasteiger partial charge in [0.1, 0.15) is 5.75 Å². The van der Waals surface area contributed by atoms with Gasteiger partial charge in [0.25, 0.3) is 0 Å². The molecular weight excluding hydrogens is 412 g/mol. The smallest absolute Gasteiger partial charge is 0.250 e. The van der Waals surface area contributed by atoms with Crippen LogP contribution in [0, 0.1) is 0 Å². The van der Waals surface area contributed by atoms with E-state index in [1.807, 2.05) is 54.6 Å². The number of nitrogens with zero attached hydrogens (tertiary/aromatic N) is 1. The summed E-state index contributed by atoms with van der Waals surface area (Å²) >= 11 is 5.01. The first-order chi connectivity index (χ1) is 12.6. The van der Waals surface area contributed by atoms with Crippen LogP contribution in [0.1, 0.15) is 11.1 Å². The molecule has 0 aliphatic heterocycles. The highest BCUT2D eigenvalue weighted by Crippen LogP contribution is 2.25. The maximum atomic E-state index is 11.9. The Morgan fingerprint density at radius 1 is 1.12 bits per heavy atom. The van der Waals surface area contributed by atoms with E-state index in [0.29, 0.717) is 11.3 Å². The number of phenols is 1. The number of hydrogen-bond donors (Lipinski definition) is 2. The number of amides is 1. The van der Waals surface area contributed by atoms with Crippen molar-refractivity contribution in [3.8, 4) is 5.75 Å². The number of nitrogens with one attached hydrogen (secondary N) is 1. The van der Waals surface area contributed by atoms with Crippen molar-refractivity contribution in [3.05, 3.63) is 76.3 Å². The van der Waals surface area contributed by atoms with E-state index < -0.39 is 0 Å². The number of carbonyl (C=O) groups excluding carboxylic acids is 1. The summed E-state index contributed by atoms with van der Waals surface area (Å²) in [5.41, 5.74) is 4.25. The molecule has 0 spiro atoms. The number of rotatable bonds is 6. The molecule has 3 rings (SSSR count). The van der Waals surface area contributed by atoms with Crippen molar-refractivity contribution in [1.29, 1.82) is 0 Å². The van der Waals surface area contributed by atoms with Crippen LogP contribution in [0.3, 0.4) is 0 Å². The van der Waals surface area contributed by atoms with E-state index in [0.717, 1.165) is 26.6 Å². The second-order valence-electron chi connectivity index (χ2n) is 5.60. The topological polar surface area (TPSA) is 61.7 Å². The highest BCUT2D eigenvalue weighted by molar-refractivity contribution is 9.10. The molecule has 0 saturated carbocycles. The molecule has 0 aliphatic rings. The SMILES string of the molecule is O=C(CSCc1ccccc1Br)N/N=C/c1c(O)ccc2ccccc12. The van der Waals surface area contributed by atoms with E-state index in [2.05, 4.69) is 26.5 Å². The third kappa shape index (κ3) is 4.65. The average molecular weight is 429 g/mol. The third-order valence-electron chi connectivity index (χ3n) is 3.78. The van der Waals surface area contributed by atoms with E-state index >= 15 is 0 Å². The van der Waals surface area contributed by atoms with Gasteiger partial charge in [0.15, 0.2) is 0 Å². The first-order valence-electron chi connectivity index (χ1n) is 7.99. The summed E-state index contributed by atoms with van der Waals surface area (Å²) in [7, 11) is 0. The van der Waals surface area contributed by atoms with Crippen LogP contribution in [0.15, 0.2) is 70.2 Å². The predicted molar refractivity (Wildman–Crippen MR) is 112 cm³/mol. The minimum absolute atomic E-state index is 0.130. The molecule has 0 unspecified atom stereocenters. The van der Waals surface area contributed by atoms with E-state index in [-0.39, 0.29) is 11.7 Å². The Balaban J connectivity index is 1.56. The molecule has 1 amide bonds. The molecular formula is C20H17BrN2O2S. The predicted octanol–water partition coefficient (Wildman–Crippen LogP) is 4.69. The molecule has 0 aliphatic carbocycles. The molecule has 3 aromatic carbocycles. The van der Waals surface area contributed by atoms with Crippen LogP contribution in [0.2, 0.25) is 0 Å². The van der Waals surface area contributed by atoms with Crippen molar-refractivity contribution in [2.24, 2.45) is 5.10 Å². The van der Waals surface area contributed by atoms with E-state index in [4.69, 9.17) is 0 Å². The van der Waals surface area contributed by atoms with Crippen molar-refractivity contribution < 1.29 is 9.90 Å². The standard InChI is InChI=1S/C20H17BrN2O2S/c21-18-8-4-2-6-15(18)12-26-13-20(25)23-22-11-17-16-7-3-1-5-14(16)9-10-19(17)24/h1-11,24H,12-13H2,(H,23,25)/b22-11+. The van der Waals surface area contributed by atoms with E-state index in [1.54, 1.807) is 6.07 Å². The van der Waals surface area contributed by atoms with Gasteiger partial charge in [-0.05, 0) is 28.5 Å². The molecule has 26 heavy (non-hydrogen) atoms. The van der Waals surface area contributed by atoms with Gasteiger partial charge in [-0.2, -0.15) is 5.10 Å². The molecule has 6 heteroatoms. The fourth-order valence-electron chi connectivity index (χ4n) is 2.49. The van der Waals surface area contributed by atoms with Crippen molar-refractivity contribution in [1.82, 2.24) is 5.43 Å². The molecule has 4 nitrogen and oxygen atoms in total. The zero-order valence-corrected chi connectivity index (χ0v) is 16.3. The molecule has 0 saturated heterocycles. The van der Waals surface area contributed by atoms with Gasteiger partial charge in [-0.15, -0.1) is 11.8 Å². The van der Waals surface area contributed by atoms with Crippen molar-refractivity contribution in [2.45, 2.75) is 5.75 Å². The number of hydrogen-bond acceptors (Lipinski definition) is 4. The molecule has 2 N–H and O–H groups in total. The van der Waals surface area contributed by atoms with Gasteiger partial charge in [0, 0.05) is 15.8 Å². The largest absolute Gasteiger partial charge is 0.507 e. The summed E-state index contributed by atoms with van der Waals surface area (Å²) in [5.74, 6) is 0.992. The number of benzene rings is 3. The number of hydrazone groups is 1. The van der Waals surface area contributed by atoms with Gasteiger partial charge in [0.05, 0.1) is 12.0 Å². The average Bonchev–Trinajstić information content (AvgIpc) is 2.65. The number of thioether (sulfide) groups is 1. The normalized spacial score (nSPS) is 11.1. The fourth-order valence-corrected chi connectivity index (χ4v) is 3.92. The van der Waals surface area contributed by atoms with E-state index in [1.165, 1.54) is 18.0 Å². The van der Waals surface area contributed by atoms with Gasteiger partial charge in [0.2, 0.25) is 5.91 Å². The van der Waals surface area contributed by atoms with Crippen molar-refractivity contribution in [3.63, 3.8) is 0 Å². The zero-order valence-electron chi connectivity index (χ0n) is 13.9. The lowest BCUT2D eigenvalue weighted by molar-refractivity contribution is -0.118. The summed E-state index contributed by atoms with van der Waals surface area (Å²) < 4.78 is 1.04. The van der Waals surface area contributed by atoms with Crippen LogP contribution in [0.4, 0.5) is 0 Å². The number of carbonyl (C=O) groups is 1. The number of phenolic OH excluding ortho intramolecular Hbond substituents is 1. The molecule has 0 heterocycles. The van der Waals surface area contributed by atoms with Crippen LogP contribution in [0.25, 0.3) is 10.8 Å². The Hall–Kier alpha value is -2.31. The number of fused-ring (bicyclic) bond motifs is 1. The van der Waals surface area contributed by atoms with Crippen LogP contribution in [-0.2, 0) is 10.5 Å². The zero-order chi connectivity index (χ0) is 18.4. The summed E-state index contributed by atoms with van der Waals surface area (Å²) in [6, 6.07) is 19.1. The Morgan fingerprint density at radius 2 is 1.88 bits per heavy atom. The van der Waals surface area contributed by atoms with Crippen LogP contribution in [-0.4, -0.2) is 23.0 Å². The third-order valence-corrected chi connectivity index (χ3v) is 5.53. The summed E-state index contributed by atoms with van der Waals surface area (Å²) in [5, 5.41) is 15.9. The first kappa shape index (κ1) is 18.5. The molecule has 132 valence electrons. The van der Waals surface area contributed by atoms with Crippen molar-refractivity contribution >= 4 is 50.6 Å². The Bertz CT molecular complexity index is 959. The van der Waals surface area contributed by atoms with Crippen LogP contribution < -0.4 is 5.43 Å². The maximum Gasteiger partial charge on any atom is 0.250 e. The van der Waals surface area contributed by atoms with Crippen LogP contribution in [0.5, 0.6) is 5.75 Å². The molecule has 0 radical (unpaired) electrons. The fraction of sp³-hybridized carbons (Fsp3) is 0.100. The van der Waals surface area contributed by atoms with Gasteiger partial charge in [-0.25, -0.2) is 5.43 Å². The molecule has 0 fully saturated rings. The van der Waals surface area contributed by atoms with Gasteiger partial charge < -0.3 is 5.11 Å². The first-order valence-corrected chi connectivity index (χ1v) is 9.93. The van der Waals surface area contributed by atoms with Gasteiger partial charge >= 0.3 is 0 Å². The van der Waals surface area contributed by atoms with Crippen LogP contribution >= 0.6 is 27.7 Å². The molecule has 0 aromatic heterocycles. The highest BCUT2D eigenvalue weighted by atomic mass is 79.9. The number of aromatic hydroxyl groups is 1.